The van der Waals surface area contributed by atoms with E-state index in [1.54, 1.807) is 0 Å². The number of halogens is 1. The summed E-state index contributed by atoms with van der Waals surface area (Å²) in [4.78, 5) is 4.42. The van der Waals surface area contributed by atoms with Gasteiger partial charge in [-0.1, -0.05) is 34.1 Å². The monoisotopic (exact) mass is 305 g/mol. The third-order valence-electron chi connectivity index (χ3n) is 2.68. The average molecular weight is 306 g/mol. The molecule has 0 saturated heterocycles. The molecular weight excluding hydrogens is 290 g/mol. The molecule has 4 heteroatoms. The van der Waals surface area contributed by atoms with Crippen molar-refractivity contribution in [1.82, 2.24) is 10.3 Å². The molecule has 0 aliphatic carbocycles. The van der Waals surface area contributed by atoms with E-state index in [0.29, 0.717) is 6.54 Å². The lowest BCUT2D eigenvalue weighted by atomic mass is 10.0. The van der Waals surface area contributed by atoms with Crippen LogP contribution in [0, 0.1) is 0 Å². The molecule has 0 bridgehead atoms. The molecule has 0 spiro atoms. The van der Waals surface area contributed by atoms with Gasteiger partial charge in [-0.25, -0.2) is 0 Å². The van der Waals surface area contributed by atoms with Gasteiger partial charge in [0.2, 0.25) is 0 Å². The summed E-state index contributed by atoms with van der Waals surface area (Å²) >= 11 is 3.45. The summed E-state index contributed by atoms with van der Waals surface area (Å²) < 4.78 is 1.07. The number of rotatable bonds is 5. The van der Waals surface area contributed by atoms with Gasteiger partial charge in [-0.05, 0) is 29.8 Å². The van der Waals surface area contributed by atoms with E-state index in [0.717, 1.165) is 16.7 Å². The van der Waals surface area contributed by atoms with Crippen molar-refractivity contribution in [3.63, 3.8) is 0 Å². The fourth-order valence-corrected chi connectivity index (χ4v) is 2.09. The summed E-state index contributed by atoms with van der Waals surface area (Å²) in [5, 5.41) is 3.42. The lowest BCUT2D eigenvalue weighted by Crippen LogP contribution is -2.28. The van der Waals surface area contributed by atoms with Gasteiger partial charge in [0.15, 0.2) is 0 Å². The number of nitrogens with zero attached hydrogens (tertiary/aromatic N) is 1. The van der Waals surface area contributed by atoms with E-state index < -0.39 is 0 Å². The topological polar surface area (TPSA) is 50.9 Å². The lowest BCUT2D eigenvalue weighted by Gasteiger charge is -2.18. The number of benzene rings is 1. The van der Waals surface area contributed by atoms with Crippen LogP contribution in [-0.4, -0.2) is 18.1 Å². The number of pyridine rings is 1. The number of hydrogen-bond acceptors (Lipinski definition) is 3. The first kappa shape index (κ1) is 13.2. The third kappa shape index (κ3) is 3.38. The van der Waals surface area contributed by atoms with Crippen molar-refractivity contribution >= 4 is 15.9 Å². The first-order valence-electron chi connectivity index (χ1n) is 5.91. The fraction of sp³-hybridized carbons (Fsp3) is 0.214. The van der Waals surface area contributed by atoms with Crippen LogP contribution < -0.4 is 11.1 Å². The quantitative estimate of drug-likeness (QED) is 0.892. The number of nitrogens with two attached hydrogens (primary N) is 1. The van der Waals surface area contributed by atoms with Crippen LogP contribution in [0.3, 0.4) is 0 Å². The largest absolute Gasteiger partial charge is 0.329 e. The molecule has 0 saturated carbocycles. The average Bonchev–Trinajstić information content (AvgIpc) is 2.42. The van der Waals surface area contributed by atoms with E-state index in [2.05, 4.69) is 38.4 Å². The molecule has 0 aliphatic rings. The molecule has 0 aliphatic heterocycles. The molecule has 0 amide bonds. The van der Waals surface area contributed by atoms with Crippen molar-refractivity contribution in [2.24, 2.45) is 5.73 Å². The van der Waals surface area contributed by atoms with Gasteiger partial charge < -0.3 is 11.1 Å². The van der Waals surface area contributed by atoms with Crippen molar-refractivity contribution in [3.8, 4) is 0 Å². The van der Waals surface area contributed by atoms with Gasteiger partial charge in [0.05, 0.1) is 11.7 Å². The minimum Gasteiger partial charge on any atom is -0.329 e. The summed E-state index contributed by atoms with van der Waals surface area (Å²) in [5.41, 5.74) is 7.76. The molecule has 0 radical (unpaired) electrons. The zero-order valence-electron chi connectivity index (χ0n) is 10.0. The highest BCUT2D eigenvalue weighted by Gasteiger charge is 2.13. The van der Waals surface area contributed by atoms with Crippen LogP contribution in [-0.2, 0) is 0 Å². The Morgan fingerprint density at radius 3 is 2.56 bits per heavy atom. The Labute approximate surface area is 116 Å². The van der Waals surface area contributed by atoms with Gasteiger partial charge in [-0.15, -0.1) is 0 Å². The maximum Gasteiger partial charge on any atom is 0.0751 e. The first-order chi connectivity index (χ1) is 8.81. The second-order valence-electron chi connectivity index (χ2n) is 3.98. The Morgan fingerprint density at radius 1 is 1.17 bits per heavy atom. The van der Waals surface area contributed by atoms with E-state index in [1.165, 1.54) is 5.56 Å². The molecular formula is C14H16BrN3. The molecule has 3 nitrogen and oxygen atoms in total. The highest BCUT2D eigenvalue weighted by Crippen LogP contribution is 2.21. The zero-order chi connectivity index (χ0) is 12.8. The summed E-state index contributed by atoms with van der Waals surface area (Å²) in [6.07, 6.45) is 1.81. The smallest absolute Gasteiger partial charge is 0.0751 e. The van der Waals surface area contributed by atoms with Crippen LogP contribution in [0.1, 0.15) is 17.3 Å². The molecule has 0 fully saturated rings. The number of aromatic nitrogens is 1. The minimum absolute atomic E-state index is 0.0860. The van der Waals surface area contributed by atoms with Gasteiger partial charge in [0, 0.05) is 23.8 Å². The van der Waals surface area contributed by atoms with E-state index in [-0.39, 0.29) is 6.04 Å². The van der Waals surface area contributed by atoms with Crippen molar-refractivity contribution < 1.29 is 0 Å². The second-order valence-corrected chi connectivity index (χ2v) is 4.90. The number of hydrogen-bond donors (Lipinski definition) is 2. The number of nitrogens with one attached hydrogen (secondary N) is 1. The predicted octanol–water partition coefficient (Wildman–Crippen LogP) is 2.48. The molecule has 1 aromatic carbocycles. The first-order valence-corrected chi connectivity index (χ1v) is 6.70. The molecule has 2 aromatic rings. The Balaban J connectivity index is 2.27. The molecule has 94 valence electrons. The Bertz CT molecular complexity index is 470. The molecule has 1 aromatic heterocycles. The molecule has 1 atom stereocenters. The predicted molar refractivity (Wildman–Crippen MR) is 77.3 cm³/mol. The van der Waals surface area contributed by atoms with Crippen LogP contribution in [0.5, 0.6) is 0 Å². The van der Waals surface area contributed by atoms with E-state index in [4.69, 9.17) is 5.73 Å². The van der Waals surface area contributed by atoms with Crippen molar-refractivity contribution in [3.05, 3.63) is 64.4 Å². The van der Waals surface area contributed by atoms with Crippen LogP contribution in [0.25, 0.3) is 0 Å². The van der Waals surface area contributed by atoms with Crippen molar-refractivity contribution in [2.45, 2.75) is 6.04 Å². The zero-order valence-corrected chi connectivity index (χ0v) is 11.6. The highest BCUT2D eigenvalue weighted by molar-refractivity contribution is 9.10. The fourth-order valence-electron chi connectivity index (χ4n) is 1.82. The van der Waals surface area contributed by atoms with Crippen molar-refractivity contribution in [1.29, 1.82) is 0 Å². The molecule has 18 heavy (non-hydrogen) atoms. The summed E-state index contributed by atoms with van der Waals surface area (Å²) in [5.74, 6) is 0. The molecule has 0 unspecified atom stereocenters. The summed E-state index contributed by atoms with van der Waals surface area (Å²) in [6.45, 7) is 1.37. The van der Waals surface area contributed by atoms with Gasteiger partial charge >= 0.3 is 0 Å². The normalized spacial score (nSPS) is 12.3. The van der Waals surface area contributed by atoms with Gasteiger partial charge in [0.25, 0.3) is 0 Å². The summed E-state index contributed by atoms with van der Waals surface area (Å²) in [6, 6.07) is 14.3. The Hall–Kier alpha value is -1.23. The van der Waals surface area contributed by atoms with E-state index >= 15 is 0 Å². The van der Waals surface area contributed by atoms with Gasteiger partial charge in [-0.2, -0.15) is 0 Å². The highest BCUT2D eigenvalue weighted by atomic mass is 79.9. The Morgan fingerprint density at radius 2 is 1.94 bits per heavy atom. The van der Waals surface area contributed by atoms with Crippen LogP contribution in [0.15, 0.2) is 53.1 Å². The maximum atomic E-state index is 5.57. The molecule has 3 N–H and O–H groups in total. The Kier molecular flexibility index (Phi) is 4.87. The van der Waals surface area contributed by atoms with Crippen LogP contribution >= 0.6 is 15.9 Å². The second kappa shape index (κ2) is 6.64. The SMILES string of the molecule is NCCN[C@H](c1ccc(Br)cc1)c1ccccn1. The van der Waals surface area contributed by atoms with Crippen molar-refractivity contribution in [2.75, 3.05) is 13.1 Å². The van der Waals surface area contributed by atoms with E-state index in [1.807, 2.05) is 36.5 Å². The van der Waals surface area contributed by atoms with Gasteiger partial charge in [-0.3, -0.25) is 4.98 Å². The standard InChI is InChI=1S/C14H16BrN3/c15-12-6-4-11(5-7-12)14(18-10-8-16)13-3-1-2-9-17-13/h1-7,9,14,18H,8,10,16H2/t14-/m1/s1. The maximum absolute atomic E-state index is 5.57. The molecule has 1 heterocycles. The van der Waals surface area contributed by atoms with E-state index in [9.17, 15) is 0 Å². The van der Waals surface area contributed by atoms with Crippen LogP contribution in [0.4, 0.5) is 0 Å². The van der Waals surface area contributed by atoms with Crippen LogP contribution in [0.2, 0.25) is 0 Å². The van der Waals surface area contributed by atoms with Gasteiger partial charge in [0.1, 0.15) is 0 Å². The third-order valence-corrected chi connectivity index (χ3v) is 3.21. The minimum atomic E-state index is 0.0860. The lowest BCUT2D eigenvalue weighted by molar-refractivity contribution is 0.598. The molecule has 2 rings (SSSR count). The summed E-state index contributed by atoms with van der Waals surface area (Å²) in [7, 11) is 0.